The van der Waals surface area contributed by atoms with E-state index >= 15 is 0 Å². The van der Waals surface area contributed by atoms with Gasteiger partial charge in [0.2, 0.25) is 21.8 Å². The van der Waals surface area contributed by atoms with Gasteiger partial charge in [-0.3, -0.25) is 9.59 Å². The SMILES string of the molecule is O=C(Nc1cccc(S(=O)(=O)N2CCOCC2)c1)[C@H]1CC(=O)N(c2ccc3c(c2)OCCO3)C1. The first-order chi connectivity index (χ1) is 16.4. The highest BCUT2D eigenvalue weighted by molar-refractivity contribution is 7.89. The van der Waals surface area contributed by atoms with Crippen molar-refractivity contribution in [3.8, 4) is 11.5 Å². The molecule has 5 rings (SSSR count). The lowest BCUT2D eigenvalue weighted by Gasteiger charge is -2.26. The number of nitrogens with zero attached hydrogens (tertiary/aromatic N) is 2. The number of anilines is 2. The normalized spacial score (nSPS) is 20.9. The van der Waals surface area contributed by atoms with E-state index in [-0.39, 0.29) is 29.7 Å². The second kappa shape index (κ2) is 9.24. The number of sulfonamides is 1. The van der Waals surface area contributed by atoms with E-state index in [9.17, 15) is 18.0 Å². The van der Waals surface area contributed by atoms with Crippen LogP contribution in [0.25, 0.3) is 0 Å². The molecule has 11 heteroatoms. The van der Waals surface area contributed by atoms with Crippen LogP contribution < -0.4 is 19.7 Å². The number of benzene rings is 2. The molecule has 0 aliphatic carbocycles. The molecule has 2 aromatic carbocycles. The number of carbonyl (C=O) groups is 2. The second-order valence-corrected chi connectivity index (χ2v) is 10.2. The smallest absolute Gasteiger partial charge is 0.243 e. The van der Waals surface area contributed by atoms with Gasteiger partial charge in [-0.15, -0.1) is 0 Å². The predicted octanol–water partition coefficient (Wildman–Crippen LogP) is 1.47. The molecule has 180 valence electrons. The fourth-order valence-electron chi connectivity index (χ4n) is 4.25. The van der Waals surface area contributed by atoms with Crippen LogP contribution in [0.15, 0.2) is 47.4 Å². The van der Waals surface area contributed by atoms with Gasteiger partial charge < -0.3 is 24.4 Å². The molecule has 3 aliphatic rings. The quantitative estimate of drug-likeness (QED) is 0.679. The van der Waals surface area contributed by atoms with E-state index in [1.165, 1.54) is 16.4 Å². The summed E-state index contributed by atoms with van der Waals surface area (Å²) in [6.07, 6.45) is 0.0615. The van der Waals surface area contributed by atoms with Crippen LogP contribution in [-0.2, 0) is 24.3 Å². The fraction of sp³-hybridized carbons (Fsp3) is 0.391. The van der Waals surface area contributed by atoms with Gasteiger partial charge in [0.1, 0.15) is 13.2 Å². The van der Waals surface area contributed by atoms with Gasteiger partial charge in [0, 0.05) is 43.5 Å². The van der Waals surface area contributed by atoms with Gasteiger partial charge in [0.25, 0.3) is 0 Å². The van der Waals surface area contributed by atoms with E-state index in [1.807, 2.05) is 0 Å². The van der Waals surface area contributed by atoms with Crippen molar-refractivity contribution in [2.45, 2.75) is 11.3 Å². The Bertz CT molecular complexity index is 1210. The molecule has 0 radical (unpaired) electrons. The Hall–Kier alpha value is -3.15. The average molecular weight is 488 g/mol. The summed E-state index contributed by atoms with van der Waals surface area (Å²) < 4.78 is 43.5. The van der Waals surface area contributed by atoms with Crippen LogP contribution in [0, 0.1) is 5.92 Å². The van der Waals surface area contributed by atoms with Crippen LogP contribution in [0.5, 0.6) is 11.5 Å². The first-order valence-corrected chi connectivity index (χ1v) is 12.5. The predicted molar refractivity (Wildman–Crippen MR) is 123 cm³/mol. The molecular formula is C23H25N3O7S. The van der Waals surface area contributed by atoms with E-state index in [2.05, 4.69) is 5.32 Å². The summed E-state index contributed by atoms with van der Waals surface area (Å²) in [6, 6.07) is 11.4. The number of ether oxygens (including phenoxy) is 3. The third-order valence-electron chi connectivity index (χ3n) is 6.04. The number of fused-ring (bicyclic) bond motifs is 1. The van der Waals surface area contributed by atoms with Crippen molar-refractivity contribution < 1.29 is 32.2 Å². The summed E-state index contributed by atoms with van der Waals surface area (Å²) in [5.41, 5.74) is 1.01. The molecule has 2 saturated heterocycles. The summed E-state index contributed by atoms with van der Waals surface area (Å²) in [4.78, 5) is 27.2. The van der Waals surface area contributed by atoms with Crippen molar-refractivity contribution in [2.24, 2.45) is 5.92 Å². The highest BCUT2D eigenvalue weighted by Crippen LogP contribution is 2.36. The van der Waals surface area contributed by atoms with Crippen molar-refractivity contribution in [1.29, 1.82) is 0 Å². The second-order valence-electron chi connectivity index (χ2n) is 8.27. The molecule has 10 nitrogen and oxygen atoms in total. The monoisotopic (exact) mass is 487 g/mol. The van der Waals surface area contributed by atoms with Crippen LogP contribution in [0.2, 0.25) is 0 Å². The fourth-order valence-corrected chi connectivity index (χ4v) is 5.70. The third-order valence-corrected chi connectivity index (χ3v) is 7.94. The number of morpholine rings is 1. The molecule has 3 heterocycles. The lowest BCUT2D eigenvalue weighted by Crippen LogP contribution is -2.40. The maximum atomic E-state index is 12.9. The van der Waals surface area contributed by atoms with Crippen LogP contribution in [0.1, 0.15) is 6.42 Å². The number of carbonyl (C=O) groups excluding carboxylic acids is 2. The van der Waals surface area contributed by atoms with E-state index < -0.39 is 15.9 Å². The van der Waals surface area contributed by atoms with Gasteiger partial charge in [-0.05, 0) is 30.3 Å². The van der Waals surface area contributed by atoms with Crippen LogP contribution in [0.3, 0.4) is 0 Å². The minimum absolute atomic E-state index is 0.0615. The molecule has 0 saturated carbocycles. The Balaban J connectivity index is 1.27. The Labute approximate surface area is 197 Å². The van der Waals surface area contributed by atoms with Gasteiger partial charge >= 0.3 is 0 Å². The molecule has 0 bridgehead atoms. The van der Waals surface area contributed by atoms with E-state index in [1.54, 1.807) is 35.2 Å². The summed E-state index contributed by atoms with van der Waals surface area (Å²) in [5.74, 6) is 0.126. The highest BCUT2D eigenvalue weighted by atomic mass is 32.2. The maximum absolute atomic E-state index is 12.9. The maximum Gasteiger partial charge on any atom is 0.243 e. The molecule has 3 aliphatic heterocycles. The number of amides is 2. The zero-order chi connectivity index (χ0) is 23.7. The molecule has 0 spiro atoms. The zero-order valence-corrected chi connectivity index (χ0v) is 19.3. The Morgan fingerprint density at radius 1 is 0.971 bits per heavy atom. The summed E-state index contributed by atoms with van der Waals surface area (Å²) in [6.45, 7) is 2.42. The Morgan fingerprint density at radius 3 is 2.53 bits per heavy atom. The molecule has 2 amide bonds. The largest absolute Gasteiger partial charge is 0.486 e. The van der Waals surface area contributed by atoms with E-state index in [0.717, 1.165) is 0 Å². The first-order valence-electron chi connectivity index (χ1n) is 11.1. The van der Waals surface area contributed by atoms with Crippen molar-refractivity contribution in [1.82, 2.24) is 4.31 Å². The Morgan fingerprint density at radius 2 is 1.74 bits per heavy atom. The Kier molecular flexibility index (Phi) is 6.15. The van der Waals surface area contributed by atoms with Gasteiger partial charge in [-0.25, -0.2) is 8.42 Å². The van der Waals surface area contributed by atoms with E-state index in [4.69, 9.17) is 14.2 Å². The standard InChI is InChI=1S/C23H25N3O7S/c27-22-12-16(15-26(22)18-4-5-20-21(14-18)33-11-10-32-20)23(28)24-17-2-1-3-19(13-17)34(29,30)25-6-8-31-9-7-25/h1-5,13-14,16H,6-12,15H2,(H,24,28)/t16-/m0/s1. The molecule has 2 fully saturated rings. The molecule has 2 aromatic rings. The minimum atomic E-state index is -3.68. The zero-order valence-electron chi connectivity index (χ0n) is 18.4. The molecule has 34 heavy (non-hydrogen) atoms. The van der Waals surface area contributed by atoms with Crippen LogP contribution >= 0.6 is 0 Å². The molecule has 1 N–H and O–H groups in total. The number of hydrogen-bond acceptors (Lipinski definition) is 7. The van der Waals surface area contributed by atoms with Crippen molar-refractivity contribution >= 4 is 33.2 Å². The molecule has 0 unspecified atom stereocenters. The van der Waals surface area contributed by atoms with Gasteiger partial charge in [-0.2, -0.15) is 4.31 Å². The minimum Gasteiger partial charge on any atom is -0.486 e. The lowest BCUT2D eigenvalue weighted by atomic mass is 10.1. The lowest BCUT2D eigenvalue weighted by molar-refractivity contribution is -0.122. The van der Waals surface area contributed by atoms with Crippen molar-refractivity contribution in [2.75, 3.05) is 56.3 Å². The molecule has 0 aromatic heterocycles. The van der Waals surface area contributed by atoms with Crippen LogP contribution in [0.4, 0.5) is 11.4 Å². The summed E-state index contributed by atoms with van der Waals surface area (Å²) in [5, 5.41) is 2.77. The number of nitrogens with one attached hydrogen (secondary N) is 1. The van der Waals surface area contributed by atoms with Crippen LogP contribution in [-0.4, -0.2) is 70.6 Å². The number of hydrogen-bond donors (Lipinski definition) is 1. The number of rotatable bonds is 5. The summed E-state index contributed by atoms with van der Waals surface area (Å²) in [7, 11) is -3.68. The third kappa shape index (κ3) is 4.46. The first kappa shape index (κ1) is 22.6. The van der Waals surface area contributed by atoms with Crippen molar-refractivity contribution in [3.05, 3.63) is 42.5 Å². The summed E-state index contributed by atoms with van der Waals surface area (Å²) >= 11 is 0. The van der Waals surface area contributed by atoms with E-state index in [0.29, 0.717) is 62.4 Å². The topological polar surface area (TPSA) is 114 Å². The highest BCUT2D eigenvalue weighted by Gasteiger charge is 2.36. The average Bonchev–Trinajstić information content (AvgIpc) is 3.26. The van der Waals surface area contributed by atoms with Gasteiger partial charge in [-0.1, -0.05) is 6.07 Å². The van der Waals surface area contributed by atoms with Gasteiger partial charge in [0.15, 0.2) is 11.5 Å². The van der Waals surface area contributed by atoms with Gasteiger partial charge in [0.05, 0.1) is 24.0 Å². The molecular weight excluding hydrogens is 462 g/mol. The van der Waals surface area contributed by atoms with Crippen molar-refractivity contribution in [3.63, 3.8) is 0 Å². The molecule has 1 atom stereocenters.